The average Bonchev–Trinajstić information content (AvgIpc) is 2.35. The molecular weight excluding hydrogens is 198 g/mol. The van der Waals surface area contributed by atoms with Crippen LogP contribution < -0.4 is 0 Å². The first-order valence-electron chi connectivity index (χ1n) is 6.14. The molecule has 0 aliphatic heterocycles. The van der Waals surface area contributed by atoms with E-state index in [1.54, 1.807) is 0 Å². The van der Waals surface area contributed by atoms with Crippen LogP contribution in [0.5, 0.6) is 0 Å². The molecular formula is C14H21NO. The molecule has 0 atom stereocenters. The third kappa shape index (κ3) is 3.69. The fourth-order valence-electron chi connectivity index (χ4n) is 1.70. The molecule has 1 aromatic rings. The Morgan fingerprint density at radius 1 is 1.06 bits per heavy atom. The van der Waals surface area contributed by atoms with Crippen molar-refractivity contribution >= 4 is 5.91 Å². The number of amides is 1. The fourth-order valence-corrected chi connectivity index (χ4v) is 1.70. The molecule has 1 rings (SSSR count). The van der Waals surface area contributed by atoms with Gasteiger partial charge in [0.15, 0.2) is 0 Å². The molecule has 0 fully saturated rings. The number of hydrogen-bond acceptors (Lipinski definition) is 1. The quantitative estimate of drug-likeness (QED) is 0.718. The van der Waals surface area contributed by atoms with E-state index in [4.69, 9.17) is 0 Å². The van der Waals surface area contributed by atoms with Crippen LogP contribution in [0.3, 0.4) is 0 Å². The van der Waals surface area contributed by atoms with Gasteiger partial charge in [0, 0.05) is 18.7 Å². The second-order valence-corrected chi connectivity index (χ2v) is 4.01. The number of benzene rings is 1. The van der Waals surface area contributed by atoms with Crippen LogP contribution in [0.25, 0.3) is 0 Å². The highest BCUT2D eigenvalue weighted by atomic mass is 16.2. The van der Waals surface area contributed by atoms with Crippen molar-refractivity contribution in [3.05, 3.63) is 35.9 Å². The van der Waals surface area contributed by atoms with Crippen LogP contribution >= 0.6 is 0 Å². The van der Waals surface area contributed by atoms with Crippen molar-refractivity contribution in [2.24, 2.45) is 0 Å². The normalized spacial score (nSPS) is 10.1. The Bertz CT molecular complexity index is 308. The standard InChI is InChI=1S/C14H21NO/c1-3-5-12-15(11-4-2)14(16)13-9-7-6-8-10-13/h6-10H,3-5,11-12H2,1-2H3. The largest absolute Gasteiger partial charge is 0.339 e. The number of rotatable bonds is 6. The van der Waals surface area contributed by atoms with Crippen LogP contribution in [0, 0.1) is 0 Å². The van der Waals surface area contributed by atoms with E-state index in [1.165, 1.54) is 0 Å². The molecule has 0 aromatic heterocycles. The third-order valence-corrected chi connectivity index (χ3v) is 2.58. The summed E-state index contributed by atoms with van der Waals surface area (Å²) in [4.78, 5) is 14.1. The van der Waals surface area contributed by atoms with Gasteiger partial charge < -0.3 is 4.90 Å². The van der Waals surface area contributed by atoms with Crippen LogP contribution in [0.1, 0.15) is 43.5 Å². The molecule has 0 aliphatic carbocycles. The summed E-state index contributed by atoms with van der Waals surface area (Å²) in [5.41, 5.74) is 0.798. The molecule has 0 spiro atoms. The maximum Gasteiger partial charge on any atom is 0.253 e. The number of carbonyl (C=O) groups excluding carboxylic acids is 1. The van der Waals surface area contributed by atoms with Crippen LogP contribution in [0.15, 0.2) is 30.3 Å². The van der Waals surface area contributed by atoms with Gasteiger partial charge in [-0.1, -0.05) is 38.5 Å². The smallest absolute Gasteiger partial charge is 0.253 e. The monoisotopic (exact) mass is 219 g/mol. The molecule has 0 N–H and O–H groups in total. The summed E-state index contributed by atoms with van der Waals surface area (Å²) in [5, 5.41) is 0. The average molecular weight is 219 g/mol. The Morgan fingerprint density at radius 2 is 1.75 bits per heavy atom. The molecule has 2 heteroatoms. The Balaban J connectivity index is 2.67. The molecule has 0 saturated heterocycles. The Hall–Kier alpha value is -1.31. The Labute approximate surface area is 98.3 Å². The van der Waals surface area contributed by atoms with Crippen molar-refractivity contribution in [2.75, 3.05) is 13.1 Å². The molecule has 0 unspecified atom stereocenters. The summed E-state index contributed by atoms with van der Waals surface area (Å²) in [6.07, 6.45) is 3.23. The third-order valence-electron chi connectivity index (χ3n) is 2.58. The summed E-state index contributed by atoms with van der Waals surface area (Å²) in [5.74, 6) is 0.163. The minimum absolute atomic E-state index is 0.163. The van der Waals surface area contributed by atoms with E-state index in [0.717, 1.165) is 37.9 Å². The Kier molecular flexibility index (Phi) is 5.62. The molecule has 16 heavy (non-hydrogen) atoms. The fraction of sp³-hybridized carbons (Fsp3) is 0.500. The lowest BCUT2D eigenvalue weighted by Gasteiger charge is -2.21. The topological polar surface area (TPSA) is 20.3 Å². The van der Waals surface area contributed by atoms with Crippen molar-refractivity contribution in [3.8, 4) is 0 Å². The van der Waals surface area contributed by atoms with Crippen LogP contribution in [-0.2, 0) is 0 Å². The Morgan fingerprint density at radius 3 is 2.31 bits per heavy atom. The van der Waals surface area contributed by atoms with Gasteiger partial charge >= 0.3 is 0 Å². The zero-order valence-corrected chi connectivity index (χ0v) is 10.3. The molecule has 0 bridgehead atoms. The number of carbonyl (C=O) groups is 1. The van der Waals surface area contributed by atoms with Crippen LogP contribution in [-0.4, -0.2) is 23.9 Å². The first-order chi connectivity index (χ1) is 7.79. The summed E-state index contributed by atoms with van der Waals surface area (Å²) in [7, 11) is 0. The SMILES string of the molecule is CCCCN(CCC)C(=O)c1ccccc1. The van der Waals surface area contributed by atoms with E-state index < -0.39 is 0 Å². The molecule has 0 heterocycles. The first-order valence-corrected chi connectivity index (χ1v) is 6.14. The van der Waals surface area contributed by atoms with Crippen molar-refractivity contribution in [1.82, 2.24) is 4.90 Å². The van der Waals surface area contributed by atoms with Gasteiger partial charge in [0.2, 0.25) is 0 Å². The van der Waals surface area contributed by atoms with E-state index in [2.05, 4.69) is 13.8 Å². The summed E-state index contributed by atoms with van der Waals surface area (Å²) >= 11 is 0. The van der Waals surface area contributed by atoms with Crippen molar-refractivity contribution < 1.29 is 4.79 Å². The lowest BCUT2D eigenvalue weighted by Crippen LogP contribution is -2.32. The zero-order chi connectivity index (χ0) is 11.8. The van der Waals surface area contributed by atoms with Crippen LogP contribution in [0.4, 0.5) is 0 Å². The molecule has 0 aliphatic rings. The van der Waals surface area contributed by atoms with Gasteiger partial charge in [-0.3, -0.25) is 4.79 Å². The van der Waals surface area contributed by atoms with Gasteiger partial charge in [0.1, 0.15) is 0 Å². The maximum absolute atomic E-state index is 12.2. The van der Waals surface area contributed by atoms with E-state index in [9.17, 15) is 4.79 Å². The van der Waals surface area contributed by atoms with Crippen molar-refractivity contribution in [2.45, 2.75) is 33.1 Å². The molecule has 1 amide bonds. The van der Waals surface area contributed by atoms with Gasteiger partial charge in [-0.15, -0.1) is 0 Å². The van der Waals surface area contributed by atoms with Crippen molar-refractivity contribution in [1.29, 1.82) is 0 Å². The van der Waals surface area contributed by atoms with E-state index >= 15 is 0 Å². The molecule has 0 saturated carbocycles. The second kappa shape index (κ2) is 7.04. The van der Waals surface area contributed by atoms with Gasteiger partial charge in [-0.25, -0.2) is 0 Å². The minimum Gasteiger partial charge on any atom is -0.339 e. The second-order valence-electron chi connectivity index (χ2n) is 4.01. The molecule has 88 valence electrons. The maximum atomic E-state index is 12.2. The lowest BCUT2D eigenvalue weighted by molar-refractivity contribution is 0.0753. The molecule has 1 aromatic carbocycles. The van der Waals surface area contributed by atoms with E-state index in [-0.39, 0.29) is 5.91 Å². The first kappa shape index (κ1) is 12.8. The van der Waals surface area contributed by atoms with Gasteiger partial charge in [-0.05, 0) is 25.0 Å². The lowest BCUT2D eigenvalue weighted by atomic mass is 10.2. The molecule has 2 nitrogen and oxygen atoms in total. The van der Waals surface area contributed by atoms with Gasteiger partial charge in [0.25, 0.3) is 5.91 Å². The van der Waals surface area contributed by atoms with E-state index in [0.29, 0.717) is 0 Å². The van der Waals surface area contributed by atoms with Crippen molar-refractivity contribution in [3.63, 3.8) is 0 Å². The minimum atomic E-state index is 0.163. The zero-order valence-electron chi connectivity index (χ0n) is 10.3. The number of hydrogen-bond donors (Lipinski definition) is 0. The number of nitrogens with zero attached hydrogens (tertiary/aromatic N) is 1. The number of unbranched alkanes of at least 4 members (excludes halogenated alkanes) is 1. The summed E-state index contributed by atoms with van der Waals surface area (Å²) < 4.78 is 0. The summed E-state index contributed by atoms with van der Waals surface area (Å²) in [6, 6.07) is 9.54. The predicted octanol–water partition coefficient (Wildman–Crippen LogP) is 3.34. The highest BCUT2D eigenvalue weighted by Gasteiger charge is 2.13. The highest BCUT2D eigenvalue weighted by molar-refractivity contribution is 5.94. The summed E-state index contributed by atoms with van der Waals surface area (Å²) in [6.45, 7) is 5.99. The molecule has 0 radical (unpaired) electrons. The van der Waals surface area contributed by atoms with Gasteiger partial charge in [0.05, 0.1) is 0 Å². The predicted molar refractivity (Wildman–Crippen MR) is 67.5 cm³/mol. The van der Waals surface area contributed by atoms with Gasteiger partial charge in [-0.2, -0.15) is 0 Å². The van der Waals surface area contributed by atoms with E-state index in [1.807, 2.05) is 35.2 Å². The van der Waals surface area contributed by atoms with Crippen LogP contribution in [0.2, 0.25) is 0 Å². The highest BCUT2D eigenvalue weighted by Crippen LogP contribution is 2.06.